The van der Waals surface area contributed by atoms with E-state index in [1.807, 2.05) is 35.2 Å². The summed E-state index contributed by atoms with van der Waals surface area (Å²) < 4.78 is 16.6. The molecule has 1 amide bonds. The van der Waals surface area contributed by atoms with Crippen molar-refractivity contribution >= 4 is 11.6 Å². The lowest BCUT2D eigenvalue weighted by Crippen LogP contribution is -2.47. The molecule has 2 saturated heterocycles. The van der Waals surface area contributed by atoms with Crippen molar-refractivity contribution in [3.63, 3.8) is 0 Å². The molecule has 2 aliphatic heterocycles. The molecular formula is C21H25N3O4. The molecular weight excluding hydrogens is 358 g/mol. The summed E-state index contributed by atoms with van der Waals surface area (Å²) >= 11 is 0. The van der Waals surface area contributed by atoms with Crippen LogP contribution in [-0.4, -0.2) is 55.0 Å². The Bertz CT molecular complexity index is 791. The van der Waals surface area contributed by atoms with Crippen LogP contribution in [0.1, 0.15) is 28.9 Å². The third-order valence-electron chi connectivity index (χ3n) is 5.26. The Morgan fingerprint density at radius 3 is 2.46 bits per heavy atom. The van der Waals surface area contributed by atoms with Crippen LogP contribution in [0.25, 0.3) is 0 Å². The summed E-state index contributed by atoms with van der Waals surface area (Å²) in [6.07, 6.45) is 3.12. The number of amides is 1. The number of hydrogen-bond acceptors (Lipinski definition) is 6. The number of aromatic nitrogens is 1. The van der Waals surface area contributed by atoms with E-state index in [1.54, 1.807) is 19.4 Å². The molecule has 148 valence electrons. The van der Waals surface area contributed by atoms with E-state index in [0.717, 1.165) is 17.0 Å². The van der Waals surface area contributed by atoms with E-state index in [9.17, 15) is 4.79 Å². The number of nitrogens with zero attached hydrogens (tertiary/aromatic N) is 2. The first kappa shape index (κ1) is 18.7. The summed E-state index contributed by atoms with van der Waals surface area (Å²) in [5.41, 5.74) is 2.47. The van der Waals surface area contributed by atoms with Crippen molar-refractivity contribution in [3.05, 3.63) is 53.9 Å². The van der Waals surface area contributed by atoms with Gasteiger partial charge in [0.15, 0.2) is 5.79 Å². The molecule has 7 heteroatoms. The molecule has 7 nitrogen and oxygen atoms in total. The van der Waals surface area contributed by atoms with Crippen LogP contribution in [0, 0.1) is 0 Å². The number of rotatable bonds is 5. The van der Waals surface area contributed by atoms with Gasteiger partial charge in [0.2, 0.25) is 0 Å². The van der Waals surface area contributed by atoms with Gasteiger partial charge in [-0.15, -0.1) is 0 Å². The molecule has 2 aromatic rings. The van der Waals surface area contributed by atoms with Gasteiger partial charge in [0, 0.05) is 32.5 Å². The summed E-state index contributed by atoms with van der Waals surface area (Å²) in [4.78, 5) is 18.9. The third kappa shape index (κ3) is 4.10. The normalized spacial score (nSPS) is 18.2. The van der Waals surface area contributed by atoms with Crippen LogP contribution in [0.2, 0.25) is 0 Å². The van der Waals surface area contributed by atoms with Crippen LogP contribution >= 0.6 is 0 Å². The van der Waals surface area contributed by atoms with Crippen molar-refractivity contribution in [2.45, 2.75) is 25.2 Å². The first-order chi connectivity index (χ1) is 13.7. The molecule has 3 heterocycles. The summed E-state index contributed by atoms with van der Waals surface area (Å²) in [6.45, 7) is 3.20. The molecule has 0 unspecified atom stereocenters. The monoisotopic (exact) mass is 383 g/mol. The predicted octanol–water partition coefficient (Wildman–Crippen LogP) is 2.68. The predicted molar refractivity (Wildman–Crippen MR) is 104 cm³/mol. The molecule has 1 N–H and O–H groups in total. The van der Waals surface area contributed by atoms with E-state index in [2.05, 4.69) is 10.3 Å². The maximum Gasteiger partial charge on any atom is 0.272 e. The Hall–Kier alpha value is -2.64. The number of methoxy groups -OCH3 is 1. The van der Waals surface area contributed by atoms with Crippen LogP contribution in [0.5, 0.6) is 5.75 Å². The Morgan fingerprint density at radius 2 is 1.86 bits per heavy atom. The fraction of sp³-hybridized carbons (Fsp3) is 0.429. The molecule has 2 fully saturated rings. The van der Waals surface area contributed by atoms with Gasteiger partial charge in [-0.1, -0.05) is 12.1 Å². The molecule has 1 aromatic heterocycles. The van der Waals surface area contributed by atoms with E-state index < -0.39 is 5.79 Å². The van der Waals surface area contributed by atoms with Gasteiger partial charge in [0.25, 0.3) is 5.91 Å². The SMILES string of the molecule is COc1ccc(CNc2ccc(C(=O)N3CCC4(CC3)OCCO4)nc2)cc1. The Morgan fingerprint density at radius 1 is 1.14 bits per heavy atom. The molecule has 0 atom stereocenters. The first-order valence-electron chi connectivity index (χ1n) is 9.57. The highest BCUT2D eigenvalue weighted by Crippen LogP contribution is 2.31. The van der Waals surface area contributed by atoms with Crippen molar-refractivity contribution in [1.82, 2.24) is 9.88 Å². The number of carbonyl (C=O) groups excluding carboxylic acids is 1. The molecule has 28 heavy (non-hydrogen) atoms. The minimum Gasteiger partial charge on any atom is -0.497 e. The number of ether oxygens (including phenoxy) is 3. The van der Waals surface area contributed by atoms with Crippen LogP contribution in [0.3, 0.4) is 0 Å². The van der Waals surface area contributed by atoms with Gasteiger partial charge in [-0.2, -0.15) is 0 Å². The minimum absolute atomic E-state index is 0.0467. The van der Waals surface area contributed by atoms with Crippen LogP contribution in [-0.2, 0) is 16.0 Å². The van der Waals surface area contributed by atoms with Crippen molar-refractivity contribution in [2.24, 2.45) is 0 Å². The summed E-state index contributed by atoms with van der Waals surface area (Å²) in [5.74, 6) is 0.317. The smallest absolute Gasteiger partial charge is 0.272 e. The molecule has 0 saturated carbocycles. The number of benzene rings is 1. The number of hydrogen-bond donors (Lipinski definition) is 1. The Balaban J connectivity index is 1.30. The van der Waals surface area contributed by atoms with Gasteiger partial charge in [0.05, 0.1) is 32.2 Å². The van der Waals surface area contributed by atoms with Crippen LogP contribution < -0.4 is 10.1 Å². The van der Waals surface area contributed by atoms with E-state index in [1.165, 1.54) is 0 Å². The summed E-state index contributed by atoms with van der Waals surface area (Å²) in [7, 11) is 1.65. The highest BCUT2D eigenvalue weighted by molar-refractivity contribution is 5.92. The summed E-state index contributed by atoms with van der Waals surface area (Å²) in [6, 6.07) is 11.5. The Labute approximate surface area is 164 Å². The fourth-order valence-electron chi connectivity index (χ4n) is 3.57. The van der Waals surface area contributed by atoms with Crippen molar-refractivity contribution < 1.29 is 19.0 Å². The zero-order valence-electron chi connectivity index (χ0n) is 16.0. The first-order valence-corrected chi connectivity index (χ1v) is 9.57. The molecule has 0 radical (unpaired) electrons. The topological polar surface area (TPSA) is 72.9 Å². The van der Waals surface area contributed by atoms with Gasteiger partial charge >= 0.3 is 0 Å². The minimum atomic E-state index is -0.473. The molecule has 1 spiro atoms. The second kappa shape index (κ2) is 8.16. The van der Waals surface area contributed by atoms with Gasteiger partial charge in [0.1, 0.15) is 11.4 Å². The zero-order valence-corrected chi connectivity index (χ0v) is 16.0. The average Bonchev–Trinajstić information content (AvgIpc) is 3.21. The van der Waals surface area contributed by atoms with Crippen molar-refractivity contribution in [3.8, 4) is 5.75 Å². The largest absolute Gasteiger partial charge is 0.497 e. The maximum atomic E-state index is 12.7. The van der Waals surface area contributed by atoms with Gasteiger partial charge in [-0.3, -0.25) is 4.79 Å². The average molecular weight is 383 g/mol. The molecule has 0 bridgehead atoms. The number of carbonyl (C=O) groups is 1. The van der Waals surface area contributed by atoms with E-state index in [0.29, 0.717) is 51.4 Å². The van der Waals surface area contributed by atoms with E-state index in [4.69, 9.17) is 14.2 Å². The van der Waals surface area contributed by atoms with Gasteiger partial charge in [-0.25, -0.2) is 4.98 Å². The number of pyridine rings is 1. The maximum absolute atomic E-state index is 12.7. The molecule has 1 aromatic carbocycles. The van der Waals surface area contributed by atoms with Crippen LogP contribution in [0.4, 0.5) is 5.69 Å². The molecule has 4 rings (SSSR count). The highest BCUT2D eigenvalue weighted by atomic mass is 16.7. The van der Waals surface area contributed by atoms with Gasteiger partial charge in [-0.05, 0) is 29.8 Å². The zero-order chi connectivity index (χ0) is 19.4. The quantitative estimate of drug-likeness (QED) is 0.856. The van der Waals surface area contributed by atoms with E-state index >= 15 is 0 Å². The summed E-state index contributed by atoms with van der Waals surface area (Å²) in [5, 5.41) is 3.32. The number of nitrogens with one attached hydrogen (secondary N) is 1. The molecule has 0 aliphatic carbocycles. The number of likely N-dealkylation sites (tertiary alicyclic amines) is 1. The fourth-order valence-corrected chi connectivity index (χ4v) is 3.57. The van der Waals surface area contributed by atoms with Gasteiger partial charge < -0.3 is 24.4 Å². The lowest BCUT2D eigenvalue weighted by Gasteiger charge is -2.37. The second-order valence-corrected chi connectivity index (χ2v) is 7.03. The molecule has 2 aliphatic rings. The van der Waals surface area contributed by atoms with Crippen LogP contribution in [0.15, 0.2) is 42.6 Å². The number of piperidine rings is 1. The second-order valence-electron chi connectivity index (χ2n) is 7.03. The highest BCUT2D eigenvalue weighted by Gasteiger charge is 2.40. The third-order valence-corrected chi connectivity index (χ3v) is 5.26. The lowest BCUT2D eigenvalue weighted by molar-refractivity contribution is -0.181. The lowest BCUT2D eigenvalue weighted by atomic mass is 10.0. The standard InChI is InChI=1S/C21H25N3O4/c1-26-18-5-2-16(3-6-18)14-22-17-4-7-19(23-15-17)20(25)24-10-8-21(9-11-24)27-12-13-28-21/h2-7,15,22H,8-14H2,1H3. The van der Waals surface area contributed by atoms with Crippen molar-refractivity contribution in [2.75, 3.05) is 38.7 Å². The van der Waals surface area contributed by atoms with Crippen molar-refractivity contribution in [1.29, 1.82) is 0 Å². The van der Waals surface area contributed by atoms with E-state index in [-0.39, 0.29) is 5.91 Å². The Kier molecular flexibility index (Phi) is 5.45. The number of anilines is 1.